The monoisotopic (exact) mass is 353 g/mol. The van der Waals surface area contributed by atoms with Crippen molar-refractivity contribution in [1.29, 1.82) is 0 Å². The molecule has 1 heterocycles. The molecule has 26 heavy (non-hydrogen) atoms. The van der Waals surface area contributed by atoms with Crippen LogP contribution in [0.15, 0.2) is 54.6 Å². The van der Waals surface area contributed by atoms with E-state index < -0.39 is 11.6 Å². The van der Waals surface area contributed by atoms with E-state index >= 15 is 0 Å². The number of nitrogens with zero attached hydrogens (tertiary/aromatic N) is 1. The highest BCUT2D eigenvalue weighted by Crippen LogP contribution is 2.30. The van der Waals surface area contributed by atoms with Crippen molar-refractivity contribution in [2.75, 3.05) is 27.2 Å². The van der Waals surface area contributed by atoms with E-state index in [1.54, 1.807) is 43.5 Å². The van der Waals surface area contributed by atoms with Crippen LogP contribution in [-0.4, -0.2) is 49.5 Å². The number of Topliss-reactive ketones (excluding diaryl/α,β-unsaturated/α-hetero) is 1. The van der Waals surface area contributed by atoms with Gasteiger partial charge in [-0.15, -0.1) is 0 Å². The fraction of sp³-hybridized carbons (Fsp3) is 0.333. The van der Waals surface area contributed by atoms with Crippen LogP contribution in [0, 0.1) is 0 Å². The van der Waals surface area contributed by atoms with Gasteiger partial charge in [0.05, 0.1) is 12.7 Å². The van der Waals surface area contributed by atoms with Crippen molar-refractivity contribution in [2.45, 2.75) is 18.4 Å². The first-order valence-corrected chi connectivity index (χ1v) is 8.70. The van der Waals surface area contributed by atoms with Gasteiger partial charge in [-0.2, -0.15) is 0 Å². The number of carbonyl (C=O) groups excluding carboxylic acids is 2. The molecule has 1 saturated heterocycles. The third-order valence-electron chi connectivity index (χ3n) is 4.71. The quantitative estimate of drug-likeness (QED) is 0.610. The van der Waals surface area contributed by atoms with Crippen molar-refractivity contribution in [1.82, 2.24) is 4.90 Å². The minimum absolute atomic E-state index is 0.147. The van der Waals surface area contributed by atoms with Crippen molar-refractivity contribution in [3.8, 4) is 5.75 Å². The Kier molecular flexibility index (Phi) is 5.38. The fourth-order valence-corrected chi connectivity index (χ4v) is 3.36. The SMILES string of the molecule is COc1ccc(C(=O)OC2(C(=O)c3ccccc3)CCCN(C)C2)cc1. The van der Waals surface area contributed by atoms with Crippen LogP contribution in [0.3, 0.4) is 0 Å². The molecule has 0 radical (unpaired) electrons. The molecule has 0 aliphatic carbocycles. The van der Waals surface area contributed by atoms with E-state index in [-0.39, 0.29) is 5.78 Å². The summed E-state index contributed by atoms with van der Waals surface area (Å²) >= 11 is 0. The van der Waals surface area contributed by atoms with Gasteiger partial charge in [0.25, 0.3) is 0 Å². The standard InChI is InChI=1S/C21H23NO4/c1-22-14-6-13-21(15-22,19(23)16-7-4-3-5-8-16)26-20(24)17-9-11-18(25-2)12-10-17/h3-5,7-12H,6,13-15H2,1-2H3. The smallest absolute Gasteiger partial charge is 0.339 e. The number of esters is 1. The summed E-state index contributed by atoms with van der Waals surface area (Å²) < 4.78 is 11.0. The molecule has 136 valence electrons. The highest BCUT2D eigenvalue weighted by atomic mass is 16.6. The minimum atomic E-state index is -1.16. The lowest BCUT2D eigenvalue weighted by Gasteiger charge is -2.39. The molecule has 0 saturated carbocycles. The molecule has 5 heteroatoms. The van der Waals surface area contributed by atoms with Crippen LogP contribution in [0.2, 0.25) is 0 Å². The molecule has 1 fully saturated rings. The highest BCUT2D eigenvalue weighted by molar-refractivity contribution is 6.04. The van der Waals surface area contributed by atoms with E-state index in [0.29, 0.717) is 29.8 Å². The number of hydrogen-bond acceptors (Lipinski definition) is 5. The van der Waals surface area contributed by atoms with E-state index in [0.717, 1.165) is 13.0 Å². The minimum Gasteiger partial charge on any atom is -0.497 e. The van der Waals surface area contributed by atoms with Gasteiger partial charge < -0.3 is 14.4 Å². The summed E-state index contributed by atoms with van der Waals surface area (Å²) in [4.78, 5) is 28.0. The van der Waals surface area contributed by atoms with Gasteiger partial charge in [0, 0.05) is 12.1 Å². The van der Waals surface area contributed by atoms with E-state index in [4.69, 9.17) is 9.47 Å². The molecule has 1 atom stereocenters. The number of ketones is 1. The second-order valence-corrected chi connectivity index (χ2v) is 6.65. The summed E-state index contributed by atoms with van der Waals surface area (Å²) in [5.41, 5.74) is -0.199. The van der Waals surface area contributed by atoms with Gasteiger partial charge in [0.2, 0.25) is 5.78 Å². The Bertz CT molecular complexity index is 772. The topological polar surface area (TPSA) is 55.8 Å². The first-order chi connectivity index (χ1) is 12.5. The fourth-order valence-electron chi connectivity index (χ4n) is 3.36. The average molecular weight is 353 g/mol. The molecule has 0 bridgehead atoms. The second-order valence-electron chi connectivity index (χ2n) is 6.65. The molecular weight excluding hydrogens is 330 g/mol. The molecule has 2 aromatic carbocycles. The van der Waals surface area contributed by atoms with Gasteiger partial charge in [0.15, 0.2) is 5.60 Å². The van der Waals surface area contributed by atoms with Crippen LogP contribution >= 0.6 is 0 Å². The summed E-state index contributed by atoms with van der Waals surface area (Å²) in [5.74, 6) is 0.0211. The number of rotatable bonds is 5. The predicted octanol–water partition coefficient (Wildman–Crippen LogP) is 3.20. The number of methoxy groups -OCH3 is 1. The lowest BCUT2D eigenvalue weighted by molar-refractivity contribution is -0.0364. The van der Waals surface area contributed by atoms with E-state index in [9.17, 15) is 9.59 Å². The van der Waals surface area contributed by atoms with Crippen molar-refractivity contribution < 1.29 is 19.1 Å². The van der Waals surface area contributed by atoms with E-state index in [1.165, 1.54) is 0 Å². The van der Waals surface area contributed by atoms with Gasteiger partial charge in [-0.05, 0) is 50.7 Å². The van der Waals surface area contributed by atoms with Crippen molar-refractivity contribution in [3.63, 3.8) is 0 Å². The molecule has 5 nitrogen and oxygen atoms in total. The Morgan fingerprint density at radius 2 is 1.69 bits per heavy atom. The van der Waals surface area contributed by atoms with Crippen molar-refractivity contribution >= 4 is 11.8 Å². The molecule has 2 aromatic rings. The zero-order valence-corrected chi connectivity index (χ0v) is 15.1. The largest absolute Gasteiger partial charge is 0.497 e. The van der Waals surface area contributed by atoms with Gasteiger partial charge in [-0.1, -0.05) is 30.3 Å². The molecule has 3 rings (SSSR count). The number of piperidine rings is 1. The molecule has 1 aliphatic heterocycles. The van der Waals surface area contributed by atoms with Gasteiger partial charge in [-0.3, -0.25) is 4.79 Å². The maximum Gasteiger partial charge on any atom is 0.339 e. The Hall–Kier alpha value is -2.66. The number of benzene rings is 2. The second kappa shape index (κ2) is 7.70. The summed E-state index contributed by atoms with van der Waals surface area (Å²) in [6, 6.07) is 15.7. The van der Waals surface area contributed by atoms with E-state index in [1.807, 2.05) is 30.1 Å². The van der Waals surface area contributed by atoms with Gasteiger partial charge in [0.1, 0.15) is 5.75 Å². The first-order valence-electron chi connectivity index (χ1n) is 8.70. The lowest BCUT2D eigenvalue weighted by atomic mass is 9.85. The number of ether oxygens (including phenoxy) is 2. The number of likely N-dealkylation sites (N-methyl/N-ethyl adjacent to an activating group) is 1. The Balaban J connectivity index is 1.88. The zero-order valence-electron chi connectivity index (χ0n) is 15.1. The van der Waals surface area contributed by atoms with Crippen molar-refractivity contribution in [2.24, 2.45) is 0 Å². The van der Waals surface area contributed by atoms with Gasteiger partial charge in [-0.25, -0.2) is 4.79 Å². The van der Waals surface area contributed by atoms with E-state index in [2.05, 4.69) is 0 Å². The Labute approximate surface area is 153 Å². The third kappa shape index (κ3) is 3.78. The van der Waals surface area contributed by atoms with Crippen LogP contribution in [0.1, 0.15) is 33.6 Å². The first kappa shape index (κ1) is 18.1. The zero-order chi connectivity index (χ0) is 18.6. The molecule has 1 aliphatic rings. The average Bonchev–Trinajstić information content (AvgIpc) is 2.68. The predicted molar refractivity (Wildman–Crippen MR) is 98.6 cm³/mol. The highest BCUT2D eigenvalue weighted by Gasteiger charge is 2.45. The van der Waals surface area contributed by atoms with Crippen LogP contribution in [0.4, 0.5) is 0 Å². The van der Waals surface area contributed by atoms with Crippen LogP contribution in [0.5, 0.6) is 5.75 Å². The summed E-state index contributed by atoms with van der Waals surface area (Å²) in [6.07, 6.45) is 1.32. The molecule has 0 aromatic heterocycles. The molecule has 0 amide bonds. The summed E-state index contributed by atoms with van der Waals surface area (Å²) in [5, 5.41) is 0. The number of hydrogen-bond donors (Lipinski definition) is 0. The van der Waals surface area contributed by atoms with Crippen LogP contribution in [-0.2, 0) is 4.74 Å². The molecular formula is C21H23NO4. The Morgan fingerprint density at radius 1 is 1.00 bits per heavy atom. The normalized spacial score (nSPS) is 20.4. The number of likely N-dealkylation sites (tertiary alicyclic amines) is 1. The molecule has 0 spiro atoms. The van der Waals surface area contributed by atoms with Crippen molar-refractivity contribution in [3.05, 3.63) is 65.7 Å². The Morgan fingerprint density at radius 3 is 2.31 bits per heavy atom. The molecule has 1 unspecified atom stereocenters. The lowest BCUT2D eigenvalue weighted by Crippen LogP contribution is -2.54. The maximum absolute atomic E-state index is 13.2. The summed E-state index contributed by atoms with van der Waals surface area (Å²) in [7, 11) is 3.51. The van der Waals surface area contributed by atoms with Crippen LogP contribution < -0.4 is 4.74 Å². The molecule has 0 N–H and O–H groups in total. The van der Waals surface area contributed by atoms with Gasteiger partial charge >= 0.3 is 5.97 Å². The third-order valence-corrected chi connectivity index (χ3v) is 4.71. The van der Waals surface area contributed by atoms with Crippen LogP contribution in [0.25, 0.3) is 0 Å². The summed E-state index contributed by atoms with van der Waals surface area (Å²) in [6.45, 7) is 1.27. The number of carbonyl (C=O) groups is 2. The maximum atomic E-state index is 13.2.